The first-order valence-electron chi connectivity index (χ1n) is 28.0. The molecule has 0 aliphatic rings. The van der Waals surface area contributed by atoms with Crippen LogP contribution >= 0.6 is 7.82 Å². The van der Waals surface area contributed by atoms with Crippen LogP contribution in [0.4, 0.5) is 0 Å². The van der Waals surface area contributed by atoms with Crippen molar-refractivity contribution in [3.8, 4) is 0 Å². The standard InChI is InChI=1S/C66H87O4P/c1-4-7-10-13-16-19-40-55-64(58-43-28-22-29-44-58,59-45-30-23-31-46-59)68-71(67,69-65(60-47-32-24-33-48-60,61-49-34-25-35-50-61)56-41-20-17-14-11-8-5-2)70-66(62-51-36-26-37-52-62,63-53-38-27-39-54-63)57-42-21-18-15-12-9-6-3/h22-39,43-54H,4-21,40-42,55-57H2,1-3H3. The Kier molecular flexibility index (Phi) is 23.9. The van der Waals surface area contributed by atoms with Crippen LogP contribution in [0.3, 0.4) is 0 Å². The van der Waals surface area contributed by atoms with E-state index in [1.54, 1.807) is 0 Å². The molecule has 6 aromatic rings. The molecule has 0 radical (unpaired) electrons. The summed E-state index contributed by atoms with van der Waals surface area (Å²) in [5, 5.41) is 0. The van der Waals surface area contributed by atoms with Crippen LogP contribution < -0.4 is 0 Å². The van der Waals surface area contributed by atoms with E-state index in [-0.39, 0.29) is 0 Å². The molecule has 0 aliphatic heterocycles. The molecule has 0 fully saturated rings. The van der Waals surface area contributed by atoms with Gasteiger partial charge in [-0.05, 0) is 71.9 Å². The smallest absolute Gasteiger partial charge is 0.270 e. The van der Waals surface area contributed by atoms with Gasteiger partial charge in [0.1, 0.15) is 16.8 Å². The Labute approximate surface area is 431 Å². The first kappa shape index (κ1) is 55.7. The number of benzene rings is 6. The van der Waals surface area contributed by atoms with Gasteiger partial charge in [-0.2, -0.15) is 0 Å². The predicted octanol–water partition coefficient (Wildman–Crippen LogP) is 20.4. The van der Waals surface area contributed by atoms with E-state index in [1.165, 1.54) is 77.0 Å². The van der Waals surface area contributed by atoms with Crippen molar-refractivity contribution in [1.29, 1.82) is 0 Å². The van der Waals surface area contributed by atoms with Gasteiger partial charge in [0, 0.05) is 0 Å². The summed E-state index contributed by atoms with van der Waals surface area (Å²) in [7, 11) is -4.79. The van der Waals surface area contributed by atoms with Crippen LogP contribution in [0.15, 0.2) is 182 Å². The predicted molar refractivity (Wildman–Crippen MR) is 300 cm³/mol. The minimum Gasteiger partial charge on any atom is -0.270 e. The molecule has 0 aliphatic carbocycles. The molecule has 0 spiro atoms. The van der Waals surface area contributed by atoms with Gasteiger partial charge in [-0.1, -0.05) is 318 Å². The highest BCUT2D eigenvalue weighted by Crippen LogP contribution is 2.67. The maximum atomic E-state index is 17.9. The molecule has 0 amide bonds. The Balaban J connectivity index is 1.60. The second-order valence-corrected chi connectivity index (χ2v) is 21.5. The Morgan fingerprint density at radius 2 is 0.437 bits per heavy atom. The molecule has 0 N–H and O–H groups in total. The highest BCUT2D eigenvalue weighted by Gasteiger charge is 2.54. The highest BCUT2D eigenvalue weighted by atomic mass is 31.2. The molecule has 0 unspecified atom stereocenters. The maximum absolute atomic E-state index is 17.9. The van der Waals surface area contributed by atoms with Crippen LogP contribution in [0, 0.1) is 0 Å². The van der Waals surface area contributed by atoms with E-state index in [4.69, 9.17) is 13.6 Å². The van der Waals surface area contributed by atoms with Gasteiger partial charge < -0.3 is 0 Å². The normalized spacial score (nSPS) is 12.3. The van der Waals surface area contributed by atoms with Gasteiger partial charge in [-0.3, -0.25) is 13.6 Å². The average molecular weight is 975 g/mol. The first-order chi connectivity index (χ1) is 34.9. The van der Waals surface area contributed by atoms with Gasteiger partial charge in [0.05, 0.1) is 0 Å². The van der Waals surface area contributed by atoms with E-state index in [2.05, 4.69) is 203 Å². The molecule has 6 rings (SSSR count). The summed E-state index contributed by atoms with van der Waals surface area (Å²) in [6.07, 6.45) is 25.6. The number of rotatable bonds is 36. The van der Waals surface area contributed by atoms with E-state index in [0.717, 1.165) is 91.2 Å². The lowest BCUT2D eigenvalue weighted by atomic mass is 9.82. The molecule has 6 aromatic carbocycles. The zero-order chi connectivity index (χ0) is 49.8. The van der Waals surface area contributed by atoms with Gasteiger partial charge in [0.25, 0.3) is 0 Å². The number of phosphoric acid groups is 1. The summed E-state index contributed by atoms with van der Waals surface area (Å²) in [5.74, 6) is 0. The van der Waals surface area contributed by atoms with Crippen molar-refractivity contribution in [1.82, 2.24) is 0 Å². The van der Waals surface area contributed by atoms with Crippen molar-refractivity contribution < 1.29 is 18.1 Å². The molecule has 380 valence electrons. The summed E-state index contributed by atoms with van der Waals surface area (Å²) >= 11 is 0. The maximum Gasteiger partial charge on any atom is 0.478 e. The SMILES string of the molecule is CCCCCCCCCC(OP(=O)(OC(CCCCCCCCC)(c1ccccc1)c1ccccc1)OC(CCCCCCCCC)(c1ccccc1)c1ccccc1)(c1ccccc1)c1ccccc1. The minimum absolute atomic E-state index is 0.592. The van der Waals surface area contributed by atoms with Crippen molar-refractivity contribution in [3.05, 3.63) is 215 Å². The summed E-state index contributed by atoms with van der Waals surface area (Å²) in [6.45, 7) is 6.81. The quantitative estimate of drug-likeness (QED) is 0.0291. The van der Waals surface area contributed by atoms with Crippen molar-refractivity contribution in [2.75, 3.05) is 0 Å². The molecule has 0 atom stereocenters. The summed E-state index contributed by atoms with van der Waals surface area (Å²) in [6, 6.07) is 62.9. The van der Waals surface area contributed by atoms with Crippen LogP contribution in [-0.2, 0) is 34.9 Å². The van der Waals surface area contributed by atoms with Gasteiger partial charge in [-0.15, -0.1) is 0 Å². The molecular weight excluding hydrogens is 888 g/mol. The summed E-state index contributed by atoms with van der Waals surface area (Å²) in [5.41, 5.74) is 1.99. The molecule has 71 heavy (non-hydrogen) atoms. The van der Waals surface area contributed by atoms with Gasteiger partial charge in [0.2, 0.25) is 0 Å². The van der Waals surface area contributed by atoms with Crippen LogP contribution in [0.1, 0.15) is 208 Å². The lowest BCUT2D eigenvalue weighted by Gasteiger charge is -2.45. The summed E-state index contributed by atoms with van der Waals surface area (Å²) < 4.78 is 41.5. The van der Waals surface area contributed by atoms with E-state index in [1.807, 2.05) is 0 Å². The molecule has 0 bridgehead atoms. The number of phosphoric ester groups is 1. The lowest BCUT2D eigenvalue weighted by Crippen LogP contribution is -2.38. The first-order valence-corrected chi connectivity index (χ1v) is 29.4. The number of unbranched alkanes of at least 4 members (excludes halogenated alkanes) is 18. The van der Waals surface area contributed by atoms with Crippen LogP contribution in [0.5, 0.6) is 0 Å². The molecule has 0 saturated heterocycles. The van der Waals surface area contributed by atoms with Gasteiger partial charge >= 0.3 is 7.82 Å². The highest BCUT2D eigenvalue weighted by molar-refractivity contribution is 7.48. The molecule has 0 heterocycles. The van der Waals surface area contributed by atoms with Crippen LogP contribution in [0.25, 0.3) is 0 Å². The Morgan fingerprint density at radius 3 is 0.620 bits per heavy atom. The fourth-order valence-corrected chi connectivity index (χ4v) is 12.8. The van der Waals surface area contributed by atoms with Crippen molar-refractivity contribution in [3.63, 3.8) is 0 Å². The molecular formula is C66H87O4P. The van der Waals surface area contributed by atoms with Crippen molar-refractivity contribution >= 4 is 7.82 Å². The van der Waals surface area contributed by atoms with E-state index < -0.39 is 24.6 Å². The van der Waals surface area contributed by atoms with Crippen LogP contribution in [-0.4, -0.2) is 0 Å². The fourth-order valence-electron chi connectivity index (χ4n) is 10.7. The Morgan fingerprint density at radius 1 is 0.268 bits per heavy atom. The second-order valence-electron chi connectivity index (χ2n) is 20.0. The van der Waals surface area contributed by atoms with E-state index in [9.17, 15) is 0 Å². The van der Waals surface area contributed by atoms with Crippen molar-refractivity contribution in [2.45, 2.75) is 192 Å². The van der Waals surface area contributed by atoms with Gasteiger partial charge in [0.15, 0.2) is 0 Å². The monoisotopic (exact) mass is 975 g/mol. The lowest BCUT2D eigenvalue weighted by molar-refractivity contribution is -0.0512. The topological polar surface area (TPSA) is 44.8 Å². The average Bonchev–Trinajstić information content (AvgIpc) is 3.42. The van der Waals surface area contributed by atoms with Gasteiger partial charge in [-0.25, -0.2) is 4.57 Å². The van der Waals surface area contributed by atoms with Crippen molar-refractivity contribution in [2.24, 2.45) is 0 Å². The molecule has 4 nitrogen and oxygen atoms in total. The summed E-state index contributed by atoms with van der Waals surface area (Å²) in [4.78, 5) is 0. The third-order valence-electron chi connectivity index (χ3n) is 14.6. The minimum atomic E-state index is -4.79. The Bertz CT molecular complexity index is 1940. The van der Waals surface area contributed by atoms with E-state index >= 15 is 4.57 Å². The zero-order valence-corrected chi connectivity index (χ0v) is 44.8. The molecule has 0 saturated carbocycles. The molecule has 5 heteroatoms. The van der Waals surface area contributed by atoms with Crippen LogP contribution in [0.2, 0.25) is 0 Å². The van der Waals surface area contributed by atoms with E-state index in [0.29, 0.717) is 19.3 Å². The number of hydrogen-bond acceptors (Lipinski definition) is 4. The second kappa shape index (κ2) is 30.5. The fraction of sp³-hybridized carbons (Fsp3) is 0.455. The third kappa shape index (κ3) is 16.2. The number of hydrogen-bond donors (Lipinski definition) is 0. The zero-order valence-electron chi connectivity index (χ0n) is 43.9. The molecule has 0 aromatic heterocycles. The Hall–Kier alpha value is -4.57. The largest absolute Gasteiger partial charge is 0.478 e. The third-order valence-corrected chi connectivity index (χ3v) is 16.2.